The summed E-state index contributed by atoms with van der Waals surface area (Å²) >= 11 is 1.63. The van der Waals surface area contributed by atoms with Crippen LogP contribution in [0.25, 0.3) is 0 Å². The van der Waals surface area contributed by atoms with E-state index in [0.29, 0.717) is 25.3 Å². The summed E-state index contributed by atoms with van der Waals surface area (Å²) < 4.78 is 10.9. The molecule has 1 aromatic carbocycles. The maximum absolute atomic E-state index is 12.5. The molecule has 1 aliphatic heterocycles. The molecule has 0 atom stereocenters. The van der Waals surface area contributed by atoms with E-state index in [4.69, 9.17) is 9.47 Å². The van der Waals surface area contributed by atoms with Crippen molar-refractivity contribution in [2.24, 2.45) is 0 Å². The van der Waals surface area contributed by atoms with E-state index in [-0.39, 0.29) is 5.91 Å². The van der Waals surface area contributed by atoms with E-state index in [1.165, 1.54) is 4.88 Å². The van der Waals surface area contributed by atoms with Gasteiger partial charge in [0.05, 0.1) is 37.2 Å². The first kappa shape index (κ1) is 17.7. The highest BCUT2D eigenvalue weighted by Crippen LogP contribution is 2.30. The van der Waals surface area contributed by atoms with Gasteiger partial charge < -0.3 is 19.7 Å². The normalized spacial score (nSPS) is 14.4. The largest absolute Gasteiger partial charge is 0.495 e. The molecular formula is C18H23N3O3S. The smallest absolute Gasteiger partial charge is 0.251 e. The van der Waals surface area contributed by atoms with Gasteiger partial charge in [-0.2, -0.15) is 0 Å². The van der Waals surface area contributed by atoms with Crippen molar-refractivity contribution in [2.75, 3.05) is 44.9 Å². The highest BCUT2D eigenvalue weighted by atomic mass is 32.1. The Hall–Kier alpha value is -2.12. The van der Waals surface area contributed by atoms with Gasteiger partial charge in [-0.15, -0.1) is 11.3 Å². The fourth-order valence-electron chi connectivity index (χ4n) is 2.84. The van der Waals surface area contributed by atoms with Crippen molar-refractivity contribution in [3.63, 3.8) is 0 Å². The van der Waals surface area contributed by atoms with Gasteiger partial charge in [-0.1, -0.05) is 0 Å². The molecule has 134 valence electrons. The Balaban J connectivity index is 1.66. The van der Waals surface area contributed by atoms with Crippen molar-refractivity contribution >= 4 is 22.9 Å². The van der Waals surface area contributed by atoms with Crippen molar-refractivity contribution < 1.29 is 14.3 Å². The molecule has 25 heavy (non-hydrogen) atoms. The molecule has 0 spiro atoms. The molecule has 1 saturated heterocycles. The van der Waals surface area contributed by atoms with Gasteiger partial charge in [0.25, 0.3) is 5.91 Å². The number of benzene rings is 1. The molecule has 3 rings (SSSR count). The molecule has 1 N–H and O–H groups in total. The fraction of sp³-hybridized carbons (Fsp3) is 0.444. The van der Waals surface area contributed by atoms with Crippen LogP contribution in [0.15, 0.2) is 23.7 Å². The number of hydrogen-bond donors (Lipinski definition) is 1. The van der Waals surface area contributed by atoms with Crippen LogP contribution in [0.5, 0.6) is 5.75 Å². The lowest BCUT2D eigenvalue weighted by atomic mass is 10.1. The van der Waals surface area contributed by atoms with Crippen LogP contribution in [0, 0.1) is 6.92 Å². The summed E-state index contributed by atoms with van der Waals surface area (Å²) in [7, 11) is 1.65. The lowest BCUT2D eigenvalue weighted by Crippen LogP contribution is -2.36. The quantitative estimate of drug-likeness (QED) is 0.855. The molecule has 0 saturated carbocycles. The molecule has 6 nitrogen and oxygen atoms in total. The Morgan fingerprint density at radius 1 is 1.40 bits per heavy atom. The third kappa shape index (κ3) is 4.29. The van der Waals surface area contributed by atoms with Crippen molar-refractivity contribution in [3.8, 4) is 5.75 Å². The Labute approximate surface area is 151 Å². The average Bonchev–Trinajstić information content (AvgIpc) is 3.06. The van der Waals surface area contributed by atoms with E-state index in [1.807, 2.05) is 24.6 Å². The number of ether oxygens (including phenoxy) is 2. The number of amides is 1. The number of carbonyl (C=O) groups is 1. The second-order valence-electron chi connectivity index (χ2n) is 5.85. The second kappa shape index (κ2) is 8.31. The van der Waals surface area contributed by atoms with Crippen molar-refractivity contribution in [3.05, 3.63) is 39.8 Å². The van der Waals surface area contributed by atoms with E-state index >= 15 is 0 Å². The Bertz CT molecular complexity index is 726. The second-order valence-corrected chi connectivity index (χ2v) is 6.79. The van der Waals surface area contributed by atoms with Crippen LogP contribution in [0.2, 0.25) is 0 Å². The first-order valence-electron chi connectivity index (χ1n) is 8.37. The number of aromatic nitrogens is 1. The van der Waals surface area contributed by atoms with Gasteiger partial charge in [0.2, 0.25) is 0 Å². The first-order chi connectivity index (χ1) is 12.2. The number of aryl methyl sites for hydroxylation is 1. The Morgan fingerprint density at radius 2 is 2.20 bits per heavy atom. The SMILES string of the molecule is COc1ccc(C(=O)NCCc2scnc2C)cc1N1CCOCC1. The van der Waals surface area contributed by atoms with E-state index in [9.17, 15) is 4.79 Å². The number of thiazole rings is 1. The third-order valence-corrected chi connectivity index (χ3v) is 5.27. The van der Waals surface area contributed by atoms with Crippen molar-refractivity contribution in [1.29, 1.82) is 0 Å². The van der Waals surface area contributed by atoms with E-state index < -0.39 is 0 Å². The summed E-state index contributed by atoms with van der Waals surface area (Å²) in [5, 5.41) is 2.99. The highest BCUT2D eigenvalue weighted by Gasteiger charge is 2.18. The zero-order valence-corrected chi connectivity index (χ0v) is 15.4. The molecule has 1 aliphatic rings. The number of rotatable bonds is 6. The molecule has 2 aromatic rings. The van der Waals surface area contributed by atoms with E-state index in [0.717, 1.165) is 36.6 Å². The molecule has 2 heterocycles. The minimum absolute atomic E-state index is 0.0701. The minimum Gasteiger partial charge on any atom is -0.495 e. The number of nitrogens with zero attached hydrogens (tertiary/aromatic N) is 2. The molecule has 1 aromatic heterocycles. The number of methoxy groups -OCH3 is 1. The number of nitrogens with one attached hydrogen (secondary N) is 1. The monoisotopic (exact) mass is 361 g/mol. The molecule has 0 aliphatic carbocycles. The summed E-state index contributed by atoms with van der Waals surface area (Å²) in [4.78, 5) is 20.1. The fourth-order valence-corrected chi connectivity index (χ4v) is 3.62. The van der Waals surface area contributed by atoms with Gasteiger partial charge >= 0.3 is 0 Å². The van der Waals surface area contributed by atoms with Gasteiger partial charge in [0.1, 0.15) is 5.75 Å². The van der Waals surface area contributed by atoms with Gasteiger partial charge in [0.15, 0.2) is 0 Å². The van der Waals surface area contributed by atoms with Crippen LogP contribution < -0.4 is 15.0 Å². The van der Waals surface area contributed by atoms with E-state index in [1.54, 1.807) is 24.5 Å². The molecule has 0 unspecified atom stereocenters. The van der Waals surface area contributed by atoms with Crippen LogP contribution >= 0.6 is 11.3 Å². The average molecular weight is 361 g/mol. The number of hydrogen-bond acceptors (Lipinski definition) is 6. The van der Waals surface area contributed by atoms with Crippen LogP contribution in [0.4, 0.5) is 5.69 Å². The number of morpholine rings is 1. The number of carbonyl (C=O) groups excluding carboxylic acids is 1. The van der Waals surface area contributed by atoms with Crippen LogP contribution in [0.1, 0.15) is 20.9 Å². The van der Waals surface area contributed by atoms with Gasteiger partial charge in [0, 0.05) is 36.5 Å². The third-order valence-electron chi connectivity index (χ3n) is 4.28. The lowest BCUT2D eigenvalue weighted by Gasteiger charge is -2.30. The summed E-state index contributed by atoms with van der Waals surface area (Å²) in [5.41, 5.74) is 4.46. The predicted octanol–water partition coefficient (Wildman–Crippen LogP) is 2.27. The minimum atomic E-state index is -0.0701. The molecule has 0 radical (unpaired) electrons. The maximum Gasteiger partial charge on any atom is 0.251 e. The molecular weight excluding hydrogens is 338 g/mol. The van der Waals surface area contributed by atoms with E-state index in [2.05, 4.69) is 15.2 Å². The summed E-state index contributed by atoms with van der Waals surface area (Å²) in [6, 6.07) is 5.56. The van der Waals surface area contributed by atoms with Crippen LogP contribution in [-0.2, 0) is 11.2 Å². The maximum atomic E-state index is 12.5. The summed E-state index contributed by atoms with van der Waals surface area (Å²) in [5.74, 6) is 0.707. The molecule has 1 amide bonds. The highest BCUT2D eigenvalue weighted by molar-refractivity contribution is 7.09. The van der Waals surface area contributed by atoms with Gasteiger partial charge in [-0.3, -0.25) is 4.79 Å². The standard InChI is InChI=1S/C18H23N3O3S/c1-13-17(25-12-20-13)5-6-19-18(22)14-3-4-16(23-2)15(11-14)21-7-9-24-10-8-21/h3-4,11-12H,5-10H2,1-2H3,(H,19,22). The summed E-state index contributed by atoms with van der Waals surface area (Å²) in [6.45, 7) is 5.56. The molecule has 0 bridgehead atoms. The number of anilines is 1. The van der Waals surface area contributed by atoms with Gasteiger partial charge in [-0.05, 0) is 25.1 Å². The Morgan fingerprint density at radius 3 is 2.88 bits per heavy atom. The summed E-state index contributed by atoms with van der Waals surface area (Å²) in [6.07, 6.45) is 0.800. The zero-order chi connectivity index (χ0) is 17.6. The zero-order valence-electron chi connectivity index (χ0n) is 14.6. The van der Waals surface area contributed by atoms with Crippen molar-refractivity contribution in [2.45, 2.75) is 13.3 Å². The first-order valence-corrected chi connectivity index (χ1v) is 9.25. The molecule has 7 heteroatoms. The van der Waals surface area contributed by atoms with Gasteiger partial charge in [-0.25, -0.2) is 4.98 Å². The van der Waals surface area contributed by atoms with Crippen molar-refractivity contribution in [1.82, 2.24) is 10.3 Å². The molecule has 1 fully saturated rings. The Kier molecular flexibility index (Phi) is 5.88. The van der Waals surface area contributed by atoms with Crippen LogP contribution in [0.3, 0.4) is 0 Å². The predicted molar refractivity (Wildman–Crippen MR) is 98.9 cm³/mol. The lowest BCUT2D eigenvalue weighted by molar-refractivity contribution is 0.0954. The topological polar surface area (TPSA) is 63.7 Å². The van der Waals surface area contributed by atoms with Crippen LogP contribution in [-0.4, -0.2) is 50.8 Å².